The number of anilines is 1. The third kappa shape index (κ3) is 4.85. The summed E-state index contributed by atoms with van der Waals surface area (Å²) in [7, 11) is 0. The molecule has 0 unspecified atom stereocenters. The molecule has 1 aromatic carbocycles. The summed E-state index contributed by atoms with van der Waals surface area (Å²) in [5.41, 5.74) is 2.25. The third-order valence-electron chi connectivity index (χ3n) is 3.58. The Balaban J connectivity index is 1.85. The summed E-state index contributed by atoms with van der Waals surface area (Å²) in [5.74, 6) is 0.200. The fourth-order valence-corrected chi connectivity index (χ4v) is 2.33. The predicted octanol–water partition coefficient (Wildman–Crippen LogP) is 2.41. The highest BCUT2D eigenvalue weighted by atomic mass is 16.6. The summed E-state index contributed by atoms with van der Waals surface area (Å²) < 4.78 is 0. The molecule has 9 heteroatoms. The van der Waals surface area contributed by atoms with Crippen LogP contribution in [0.5, 0.6) is 0 Å². The van der Waals surface area contributed by atoms with Crippen LogP contribution in [-0.4, -0.2) is 32.6 Å². The van der Waals surface area contributed by atoms with Crippen LogP contribution in [0.2, 0.25) is 0 Å². The standard InChI is InChI=1S/C15H19N5O4/c21-14(19-22)5-3-1-2-4-8-16-15-12-9-11(20(23)24)6-7-13(12)17-10-18-15/h6-7,9-10,22H,1-5,8H2,(H,19,21)(H,16,17,18). The molecule has 0 fully saturated rings. The summed E-state index contributed by atoms with van der Waals surface area (Å²) in [4.78, 5) is 29.5. The number of hydroxylamine groups is 1. The molecule has 2 rings (SSSR count). The Labute approximate surface area is 138 Å². The van der Waals surface area contributed by atoms with Gasteiger partial charge in [-0.2, -0.15) is 0 Å². The van der Waals surface area contributed by atoms with Crippen LogP contribution in [-0.2, 0) is 4.79 Å². The lowest BCUT2D eigenvalue weighted by Crippen LogP contribution is -2.17. The normalized spacial score (nSPS) is 10.5. The topological polar surface area (TPSA) is 130 Å². The van der Waals surface area contributed by atoms with Crippen molar-refractivity contribution in [2.24, 2.45) is 0 Å². The minimum absolute atomic E-state index is 0.00232. The van der Waals surface area contributed by atoms with Gasteiger partial charge >= 0.3 is 0 Å². The minimum Gasteiger partial charge on any atom is -0.369 e. The van der Waals surface area contributed by atoms with Gasteiger partial charge in [-0.15, -0.1) is 0 Å². The number of nitro groups is 1. The molecule has 9 nitrogen and oxygen atoms in total. The lowest BCUT2D eigenvalue weighted by molar-refractivity contribution is -0.384. The van der Waals surface area contributed by atoms with Gasteiger partial charge in [0.25, 0.3) is 5.69 Å². The molecule has 0 radical (unpaired) electrons. The fourth-order valence-electron chi connectivity index (χ4n) is 2.33. The van der Waals surface area contributed by atoms with E-state index in [1.165, 1.54) is 18.5 Å². The Bertz CT molecular complexity index is 722. The van der Waals surface area contributed by atoms with Crippen molar-refractivity contribution in [3.8, 4) is 0 Å². The Kier molecular flexibility index (Phi) is 6.38. The van der Waals surface area contributed by atoms with Crippen molar-refractivity contribution >= 4 is 28.3 Å². The van der Waals surface area contributed by atoms with Crippen molar-refractivity contribution in [2.75, 3.05) is 11.9 Å². The lowest BCUT2D eigenvalue weighted by Gasteiger charge is -2.08. The van der Waals surface area contributed by atoms with Gasteiger partial charge < -0.3 is 5.32 Å². The molecule has 24 heavy (non-hydrogen) atoms. The molecule has 0 aliphatic carbocycles. The zero-order valence-electron chi connectivity index (χ0n) is 13.1. The molecule has 0 aliphatic heterocycles. The van der Waals surface area contributed by atoms with Crippen molar-refractivity contribution in [2.45, 2.75) is 32.1 Å². The number of fused-ring (bicyclic) bond motifs is 1. The number of nitro benzene ring substituents is 1. The maximum absolute atomic E-state index is 10.9. The van der Waals surface area contributed by atoms with E-state index in [2.05, 4.69) is 15.3 Å². The highest BCUT2D eigenvalue weighted by Crippen LogP contribution is 2.24. The second-order valence-corrected chi connectivity index (χ2v) is 5.31. The number of nitrogens with zero attached hydrogens (tertiary/aromatic N) is 3. The van der Waals surface area contributed by atoms with Gasteiger partial charge in [-0.3, -0.25) is 20.1 Å². The van der Waals surface area contributed by atoms with E-state index in [-0.39, 0.29) is 11.6 Å². The molecule has 0 spiro atoms. The molecule has 3 N–H and O–H groups in total. The van der Waals surface area contributed by atoms with Gasteiger partial charge in [-0.1, -0.05) is 12.8 Å². The second kappa shape index (κ2) is 8.73. The molecule has 1 aromatic heterocycles. The summed E-state index contributed by atoms with van der Waals surface area (Å²) in [6.07, 6.45) is 5.13. The molecular formula is C15H19N5O4. The minimum atomic E-state index is -0.446. The van der Waals surface area contributed by atoms with E-state index in [4.69, 9.17) is 5.21 Å². The molecule has 2 aromatic rings. The van der Waals surface area contributed by atoms with Crippen molar-refractivity contribution in [1.29, 1.82) is 0 Å². The average Bonchev–Trinajstić information content (AvgIpc) is 2.60. The first-order valence-electron chi connectivity index (χ1n) is 7.68. The molecule has 1 amide bonds. The second-order valence-electron chi connectivity index (χ2n) is 5.31. The van der Waals surface area contributed by atoms with Crippen molar-refractivity contribution in [3.63, 3.8) is 0 Å². The zero-order valence-corrected chi connectivity index (χ0v) is 13.1. The van der Waals surface area contributed by atoms with Gasteiger partial charge in [0.1, 0.15) is 12.1 Å². The van der Waals surface area contributed by atoms with E-state index in [9.17, 15) is 14.9 Å². The van der Waals surface area contributed by atoms with Crippen molar-refractivity contribution < 1.29 is 14.9 Å². The Hall–Kier alpha value is -2.81. The molecule has 0 atom stereocenters. The van der Waals surface area contributed by atoms with E-state index < -0.39 is 4.92 Å². The number of nitrogens with one attached hydrogen (secondary N) is 2. The molecule has 0 bridgehead atoms. The van der Waals surface area contributed by atoms with Crippen LogP contribution in [0, 0.1) is 10.1 Å². The van der Waals surface area contributed by atoms with Gasteiger partial charge in [-0.25, -0.2) is 15.4 Å². The molecule has 0 aliphatic rings. The first-order chi connectivity index (χ1) is 11.6. The Morgan fingerprint density at radius 3 is 2.75 bits per heavy atom. The quantitative estimate of drug-likeness (QED) is 0.278. The number of hydrogen-bond acceptors (Lipinski definition) is 7. The molecule has 0 saturated heterocycles. The number of carbonyl (C=O) groups is 1. The van der Waals surface area contributed by atoms with Crippen LogP contribution in [0.15, 0.2) is 24.5 Å². The number of rotatable bonds is 9. The van der Waals surface area contributed by atoms with Crippen molar-refractivity contribution in [3.05, 3.63) is 34.6 Å². The fraction of sp³-hybridized carbons (Fsp3) is 0.400. The van der Waals surface area contributed by atoms with Crippen LogP contribution in [0.4, 0.5) is 11.5 Å². The van der Waals surface area contributed by atoms with Crippen LogP contribution >= 0.6 is 0 Å². The van der Waals surface area contributed by atoms with E-state index in [0.717, 1.165) is 25.7 Å². The van der Waals surface area contributed by atoms with Gasteiger partial charge in [0.05, 0.1) is 10.4 Å². The summed E-state index contributed by atoms with van der Waals surface area (Å²) in [6, 6.07) is 4.49. The maximum Gasteiger partial charge on any atom is 0.270 e. The van der Waals surface area contributed by atoms with Crippen LogP contribution in [0.25, 0.3) is 10.9 Å². The first kappa shape index (κ1) is 17.5. The van der Waals surface area contributed by atoms with Crippen LogP contribution < -0.4 is 10.8 Å². The van der Waals surface area contributed by atoms with Crippen molar-refractivity contribution in [1.82, 2.24) is 15.4 Å². The number of aromatic nitrogens is 2. The largest absolute Gasteiger partial charge is 0.369 e. The number of non-ortho nitro benzene ring substituents is 1. The van der Waals surface area contributed by atoms with Crippen LogP contribution in [0.3, 0.4) is 0 Å². The van der Waals surface area contributed by atoms with Gasteiger partial charge in [-0.05, 0) is 18.9 Å². The monoisotopic (exact) mass is 333 g/mol. The number of amides is 1. The number of carbonyl (C=O) groups excluding carboxylic acids is 1. The predicted molar refractivity (Wildman–Crippen MR) is 87.7 cm³/mol. The van der Waals surface area contributed by atoms with Gasteiger partial charge in [0, 0.05) is 30.5 Å². The third-order valence-corrected chi connectivity index (χ3v) is 3.58. The highest BCUT2D eigenvalue weighted by Gasteiger charge is 2.10. The SMILES string of the molecule is O=C(CCCCCCNc1ncnc2ccc([N+](=O)[O-])cc12)NO. The van der Waals surface area contributed by atoms with Gasteiger partial charge in [0.2, 0.25) is 5.91 Å². The number of unbranched alkanes of at least 4 members (excludes halogenated alkanes) is 3. The summed E-state index contributed by atoms with van der Waals surface area (Å²) in [5, 5.41) is 23.1. The summed E-state index contributed by atoms with van der Waals surface area (Å²) in [6.45, 7) is 0.668. The lowest BCUT2D eigenvalue weighted by atomic mass is 10.1. The van der Waals surface area contributed by atoms with Gasteiger partial charge in [0.15, 0.2) is 0 Å². The Morgan fingerprint density at radius 2 is 2.00 bits per heavy atom. The summed E-state index contributed by atoms with van der Waals surface area (Å²) >= 11 is 0. The van der Waals surface area contributed by atoms with E-state index in [0.29, 0.717) is 29.7 Å². The maximum atomic E-state index is 10.9. The zero-order chi connectivity index (χ0) is 17.4. The Morgan fingerprint density at radius 1 is 1.21 bits per heavy atom. The molecular weight excluding hydrogens is 314 g/mol. The molecule has 0 saturated carbocycles. The van der Waals surface area contributed by atoms with E-state index in [1.807, 2.05) is 0 Å². The highest BCUT2D eigenvalue weighted by molar-refractivity contribution is 5.90. The average molecular weight is 333 g/mol. The molecule has 128 valence electrons. The number of benzene rings is 1. The number of hydrogen-bond donors (Lipinski definition) is 3. The first-order valence-corrected chi connectivity index (χ1v) is 7.68. The van der Waals surface area contributed by atoms with E-state index in [1.54, 1.807) is 11.5 Å². The molecule has 1 heterocycles. The smallest absolute Gasteiger partial charge is 0.270 e. The van der Waals surface area contributed by atoms with E-state index >= 15 is 0 Å². The van der Waals surface area contributed by atoms with Crippen LogP contribution in [0.1, 0.15) is 32.1 Å².